The summed E-state index contributed by atoms with van der Waals surface area (Å²) in [5.41, 5.74) is 0. The number of nitrogens with one attached hydrogen (secondary N) is 1. The first-order valence-corrected chi connectivity index (χ1v) is 15.2. The van der Waals surface area contributed by atoms with Gasteiger partial charge in [-0.05, 0) is 32.1 Å². The minimum absolute atomic E-state index is 0.0303. The van der Waals surface area contributed by atoms with Crippen molar-refractivity contribution in [2.24, 2.45) is 0 Å². The van der Waals surface area contributed by atoms with Gasteiger partial charge in [-0.3, -0.25) is 43.5 Å². The van der Waals surface area contributed by atoms with Gasteiger partial charge in [0.15, 0.2) is 0 Å². The van der Waals surface area contributed by atoms with Crippen LogP contribution in [0.5, 0.6) is 0 Å². The second kappa shape index (κ2) is 24.9. The van der Waals surface area contributed by atoms with Crippen molar-refractivity contribution in [3.63, 3.8) is 0 Å². The van der Waals surface area contributed by atoms with Crippen LogP contribution in [0.1, 0.15) is 38.5 Å². The molecule has 0 amide bonds. The topological polar surface area (TPSA) is 180 Å². The zero-order chi connectivity index (χ0) is 33.3. The Hall–Kier alpha value is -3.34. The molecular weight excluding hydrogens is 596 g/mol. The third-order valence-corrected chi connectivity index (χ3v) is 7.73. The van der Waals surface area contributed by atoms with Crippen LogP contribution >= 0.6 is 0 Å². The van der Waals surface area contributed by atoms with Gasteiger partial charge < -0.3 is 33.7 Å². The molecule has 0 aromatic rings. The Bertz CT molecular complexity index is 880. The van der Waals surface area contributed by atoms with Gasteiger partial charge >= 0.3 is 17.9 Å². The molecule has 1 aliphatic heterocycles. The molecule has 3 unspecified atom stereocenters. The second-order valence-electron chi connectivity index (χ2n) is 10.4. The molecule has 1 N–H and O–H groups in total. The molecule has 1 fully saturated rings. The number of rotatable bonds is 21. The van der Waals surface area contributed by atoms with Crippen molar-refractivity contribution in [1.82, 2.24) is 20.0 Å². The summed E-state index contributed by atoms with van der Waals surface area (Å²) in [7, 11) is 3.90. The van der Waals surface area contributed by atoms with Gasteiger partial charge in [0.25, 0.3) is 19.4 Å². The summed E-state index contributed by atoms with van der Waals surface area (Å²) in [5.74, 6) is -1.36. The van der Waals surface area contributed by atoms with Gasteiger partial charge in [0.05, 0.1) is 34.5 Å². The Morgan fingerprint density at radius 1 is 0.644 bits per heavy atom. The van der Waals surface area contributed by atoms with E-state index in [1.165, 1.54) is 21.3 Å². The Balaban J connectivity index is 3.33. The summed E-state index contributed by atoms with van der Waals surface area (Å²) in [4.78, 5) is 76.2. The van der Waals surface area contributed by atoms with Gasteiger partial charge in [0, 0.05) is 64.8 Å². The standard InChI is InChI=1S/C29H50N4O12/c1-40-27(37)9-8-26(29(39)42-3)32-13-11-30-10-12-31(24(20-45-23-36)6-4-18-43-21-34)14-15-33(17-16-32)25(28(38)41-2)7-5-19-44-22-35/h21-26,30H,4-20H2,1-3H3. The van der Waals surface area contributed by atoms with Gasteiger partial charge in [-0.25, -0.2) is 0 Å². The molecule has 1 saturated heterocycles. The summed E-state index contributed by atoms with van der Waals surface area (Å²) in [6, 6.07) is -1.56. The SMILES string of the molecule is COC(=O)CCC(C(=O)OC)N1CCNCCN(C(CCCOC=O)COC=O)CCN(C(CCCOC=O)C(=O)OC)CC1. The van der Waals surface area contributed by atoms with E-state index in [2.05, 4.69) is 10.2 Å². The number of esters is 3. The predicted octanol–water partition coefficient (Wildman–Crippen LogP) is -1.02. The minimum atomic E-state index is -0.715. The average molecular weight is 647 g/mol. The lowest BCUT2D eigenvalue weighted by Gasteiger charge is -2.38. The summed E-state index contributed by atoms with van der Waals surface area (Å²) >= 11 is 0. The van der Waals surface area contributed by atoms with Crippen LogP contribution in [0.3, 0.4) is 0 Å². The predicted molar refractivity (Wildman–Crippen MR) is 159 cm³/mol. The number of hydrogen-bond acceptors (Lipinski definition) is 16. The fraction of sp³-hybridized carbons (Fsp3) is 0.793. The van der Waals surface area contributed by atoms with Crippen molar-refractivity contribution in [1.29, 1.82) is 0 Å². The van der Waals surface area contributed by atoms with Crippen LogP contribution in [-0.2, 0) is 57.2 Å². The number of nitrogens with zero attached hydrogens (tertiary/aromatic N) is 3. The monoisotopic (exact) mass is 646 g/mol. The summed E-state index contributed by atoms with van der Waals surface area (Å²) < 4.78 is 29.8. The molecule has 45 heavy (non-hydrogen) atoms. The van der Waals surface area contributed by atoms with E-state index in [1.54, 1.807) is 0 Å². The highest BCUT2D eigenvalue weighted by molar-refractivity contribution is 5.77. The molecule has 0 aromatic carbocycles. The maximum atomic E-state index is 13.1. The lowest BCUT2D eigenvalue weighted by atomic mass is 10.1. The van der Waals surface area contributed by atoms with Crippen molar-refractivity contribution in [3.05, 3.63) is 0 Å². The molecule has 3 atom stereocenters. The molecule has 1 aliphatic rings. The number of ether oxygens (including phenoxy) is 6. The van der Waals surface area contributed by atoms with Crippen LogP contribution in [0.15, 0.2) is 0 Å². The first-order chi connectivity index (χ1) is 21.9. The minimum Gasteiger partial charge on any atom is -0.469 e. The summed E-state index contributed by atoms with van der Waals surface area (Å²) in [6.07, 6.45) is 2.16. The molecule has 0 radical (unpaired) electrons. The van der Waals surface area contributed by atoms with E-state index in [9.17, 15) is 28.8 Å². The number of hydrogen-bond donors (Lipinski definition) is 1. The van der Waals surface area contributed by atoms with Crippen molar-refractivity contribution < 1.29 is 57.2 Å². The molecule has 1 heterocycles. The largest absolute Gasteiger partial charge is 0.469 e. The second-order valence-corrected chi connectivity index (χ2v) is 10.4. The lowest BCUT2D eigenvalue weighted by Crippen LogP contribution is -2.54. The van der Waals surface area contributed by atoms with Gasteiger partial charge in [-0.15, -0.1) is 0 Å². The molecule has 0 saturated carbocycles. The van der Waals surface area contributed by atoms with Crippen molar-refractivity contribution in [2.45, 2.75) is 56.7 Å². The third-order valence-electron chi connectivity index (χ3n) is 7.73. The highest BCUT2D eigenvalue weighted by Crippen LogP contribution is 2.16. The summed E-state index contributed by atoms with van der Waals surface area (Å²) in [6.45, 7) is 5.41. The van der Waals surface area contributed by atoms with Crippen LogP contribution in [-0.4, -0.2) is 164 Å². The van der Waals surface area contributed by atoms with Crippen LogP contribution in [0.25, 0.3) is 0 Å². The van der Waals surface area contributed by atoms with Crippen LogP contribution in [0.2, 0.25) is 0 Å². The molecular formula is C29H50N4O12. The first kappa shape index (κ1) is 39.7. The molecule has 0 spiro atoms. The third kappa shape index (κ3) is 16.0. The lowest BCUT2D eigenvalue weighted by molar-refractivity contribution is -0.150. The highest BCUT2D eigenvalue weighted by Gasteiger charge is 2.32. The van der Waals surface area contributed by atoms with Crippen molar-refractivity contribution in [2.75, 3.05) is 93.5 Å². The van der Waals surface area contributed by atoms with E-state index in [-0.39, 0.29) is 38.7 Å². The Labute approximate surface area is 264 Å². The zero-order valence-corrected chi connectivity index (χ0v) is 26.7. The van der Waals surface area contributed by atoms with Crippen molar-refractivity contribution in [3.8, 4) is 0 Å². The fourth-order valence-electron chi connectivity index (χ4n) is 5.32. The quantitative estimate of drug-likeness (QED) is 0.0692. The normalized spacial score (nSPS) is 17.7. The highest BCUT2D eigenvalue weighted by atomic mass is 16.5. The van der Waals surface area contributed by atoms with E-state index in [1.807, 2.05) is 9.80 Å². The maximum Gasteiger partial charge on any atom is 0.323 e. The number of carbonyl (C=O) groups is 6. The van der Waals surface area contributed by atoms with Crippen LogP contribution in [0, 0.1) is 0 Å². The van der Waals surface area contributed by atoms with E-state index < -0.39 is 30.0 Å². The van der Waals surface area contributed by atoms with Gasteiger partial charge in [-0.1, -0.05) is 0 Å². The maximum absolute atomic E-state index is 13.1. The van der Waals surface area contributed by atoms with Crippen LogP contribution in [0.4, 0.5) is 0 Å². The molecule has 0 bridgehead atoms. The Morgan fingerprint density at radius 3 is 1.67 bits per heavy atom. The molecule has 16 heteroatoms. The average Bonchev–Trinajstić information content (AvgIpc) is 3.05. The van der Waals surface area contributed by atoms with E-state index in [0.29, 0.717) is 97.5 Å². The number of methoxy groups -OCH3 is 3. The Kier molecular flexibility index (Phi) is 22.0. The molecule has 1 rings (SSSR count). The summed E-state index contributed by atoms with van der Waals surface area (Å²) in [5, 5.41) is 3.40. The van der Waals surface area contributed by atoms with Crippen molar-refractivity contribution >= 4 is 37.3 Å². The smallest absolute Gasteiger partial charge is 0.323 e. The molecule has 258 valence electrons. The Morgan fingerprint density at radius 2 is 1.13 bits per heavy atom. The zero-order valence-electron chi connectivity index (χ0n) is 26.7. The van der Waals surface area contributed by atoms with E-state index in [4.69, 9.17) is 28.4 Å². The molecule has 0 aromatic heterocycles. The molecule has 16 nitrogen and oxygen atoms in total. The molecule has 0 aliphatic carbocycles. The van der Waals surface area contributed by atoms with E-state index in [0.717, 1.165) is 0 Å². The van der Waals surface area contributed by atoms with Crippen LogP contribution < -0.4 is 5.32 Å². The van der Waals surface area contributed by atoms with Gasteiger partial charge in [0.2, 0.25) is 0 Å². The van der Waals surface area contributed by atoms with Gasteiger partial charge in [0.1, 0.15) is 18.7 Å². The first-order valence-electron chi connectivity index (χ1n) is 15.2. The number of carbonyl (C=O) groups excluding carboxylic acids is 6. The van der Waals surface area contributed by atoms with E-state index >= 15 is 0 Å². The van der Waals surface area contributed by atoms with Gasteiger partial charge in [-0.2, -0.15) is 0 Å². The fourth-order valence-corrected chi connectivity index (χ4v) is 5.32.